The number of fused-ring (bicyclic) bond motifs is 1. The third-order valence-corrected chi connectivity index (χ3v) is 7.94. The standard InChI is InChI=1S/C30H29F6N5O2/c31-29(32,33)21-3-9-26-19(15-21)2-10-27(39-26)40-11-13-41(14-12-40)28(18-42)43-24-7-5-22(6-8-24)38-23-4-1-20(17-37)25(16-23)30(34,35)36/h1-4,9-10,15-16,18,22,24,28,38H,5-8,11-14H2. The molecule has 1 aromatic heterocycles. The number of benzene rings is 2. The number of aldehydes is 1. The van der Waals surface area contributed by atoms with Gasteiger partial charge in [0.2, 0.25) is 0 Å². The third kappa shape index (κ3) is 7.19. The number of ether oxygens (including phenoxy) is 1. The van der Waals surface area contributed by atoms with Crippen LogP contribution in [0.3, 0.4) is 0 Å². The minimum Gasteiger partial charge on any atom is -0.382 e. The first-order valence-corrected chi connectivity index (χ1v) is 13.9. The smallest absolute Gasteiger partial charge is 0.382 e. The fourth-order valence-corrected chi connectivity index (χ4v) is 5.62. The number of alkyl halides is 6. The second kappa shape index (κ2) is 12.4. The molecular formula is C30H29F6N5O2. The van der Waals surface area contributed by atoms with Gasteiger partial charge < -0.3 is 15.0 Å². The zero-order valence-corrected chi connectivity index (χ0v) is 23.0. The summed E-state index contributed by atoms with van der Waals surface area (Å²) < 4.78 is 85.1. The van der Waals surface area contributed by atoms with E-state index in [1.165, 1.54) is 12.1 Å². The van der Waals surface area contributed by atoms with Gasteiger partial charge in [-0.25, -0.2) is 4.98 Å². The van der Waals surface area contributed by atoms with E-state index in [0.717, 1.165) is 30.6 Å². The molecule has 1 saturated carbocycles. The van der Waals surface area contributed by atoms with Crippen molar-refractivity contribution in [2.45, 2.75) is 56.4 Å². The molecule has 228 valence electrons. The Morgan fingerprint density at radius 3 is 2.28 bits per heavy atom. The average molecular weight is 606 g/mol. The highest BCUT2D eigenvalue weighted by molar-refractivity contribution is 5.81. The molecule has 13 heteroatoms. The molecule has 2 aromatic carbocycles. The van der Waals surface area contributed by atoms with Crippen LogP contribution >= 0.6 is 0 Å². The van der Waals surface area contributed by atoms with Crippen molar-refractivity contribution >= 4 is 28.7 Å². The molecule has 1 atom stereocenters. The number of rotatable bonds is 7. The van der Waals surface area contributed by atoms with Gasteiger partial charge in [0.05, 0.1) is 34.4 Å². The van der Waals surface area contributed by atoms with Crippen molar-refractivity contribution in [3.8, 4) is 6.07 Å². The Morgan fingerprint density at radius 1 is 0.930 bits per heavy atom. The first-order chi connectivity index (χ1) is 20.4. The summed E-state index contributed by atoms with van der Waals surface area (Å²) in [6.07, 6.45) is -6.67. The number of anilines is 2. The normalized spacial score (nSPS) is 20.9. The zero-order chi connectivity index (χ0) is 30.8. The van der Waals surface area contributed by atoms with Gasteiger partial charge in [0.15, 0.2) is 12.5 Å². The summed E-state index contributed by atoms with van der Waals surface area (Å²) in [5.41, 5.74) is -1.36. The molecule has 43 heavy (non-hydrogen) atoms. The van der Waals surface area contributed by atoms with Gasteiger partial charge in [-0.1, -0.05) is 0 Å². The van der Waals surface area contributed by atoms with Gasteiger partial charge in [-0.05, 0) is 74.2 Å². The molecule has 3 aromatic rings. The van der Waals surface area contributed by atoms with Crippen LogP contribution in [0, 0.1) is 11.3 Å². The Balaban J connectivity index is 1.12. The number of nitrogens with one attached hydrogen (secondary N) is 1. The van der Waals surface area contributed by atoms with Gasteiger partial charge in [0, 0.05) is 43.3 Å². The van der Waals surface area contributed by atoms with E-state index in [-0.39, 0.29) is 12.1 Å². The topological polar surface area (TPSA) is 81.5 Å². The molecule has 1 aliphatic heterocycles. The van der Waals surface area contributed by atoms with Gasteiger partial charge >= 0.3 is 12.4 Å². The molecule has 7 nitrogen and oxygen atoms in total. The van der Waals surface area contributed by atoms with Gasteiger partial charge in [-0.3, -0.25) is 9.69 Å². The van der Waals surface area contributed by atoms with Crippen LogP contribution in [-0.2, 0) is 21.9 Å². The average Bonchev–Trinajstić information content (AvgIpc) is 2.99. The molecular weight excluding hydrogens is 576 g/mol. The molecule has 0 spiro atoms. The van der Waals surface area contributed by atoms with E-state index in [0.29, 0.717) is 74.3 Å². The molecule has 0 amide bonds. The monoisotopic (exact) mass is 605 g/mol. The molecule has 1 saturated heterocycles. The van der Waals surface area contributed by atoms with E-state index in [1.807, 2.05) is 9.80 Å². The van der Waals surface area contributed by atoms with Crippen LogP contribution in [0.15, 0.2) is 48.5 Å². The van der Waals surface area contributed by atoms with E-state index in [2.05, 4.69) is 10.3 Å². The summed E-state index contributed by atoms with van der Waals surface area (Å²) in [7, 11) is 0. The zero-order valence-electron chi connectivity index (χ0n) is 23.0. The lowest BCUT2D eigenvalue weighted by atomic mass is 9.92. The summed E-state index contributed by atoms with van der Waals surface area (Å²) in [6.45, 7) is 2.14. The number of pyridine rings is 1. The van der Waals surface area contributed by atoms with Crippen molar-refractivity contribution in [2.24, 2.45) is 0 Å². The van der Waals surface area contributed by atoms with E-state index in [1.54, 1.807) is 18.2 Å². The van der Waals surface area contributed by atoms with Crippen LogP contribution in [-0.4, -0.2) is 60.7 Å². The number of nitriles is 1. The molecule has 0 bridgehead atoms. The lowest BCUT2D eigenvalue weighted by Gasteiger charge is -2.39. The minimum atomic E-state index is -4.63. The van der Waals surface area contributed by atoms with Gasteiger partial charge in [0.25, 0.3) is 0 Å². The molecule has 2 fully saturated rings. The van der Waals surface area contributed by atoms with Crippen molar-refractivity contribution in [1.29, 1.82) is 5.26 Å². The predicted octanol–water partition coefficient (Wildman–Crippen LogP) is 6.23. The molecule has 1 N–H and O–H groups in total. The fraction of sp³-hybridized carbons (Fsp3) is 0.433. The minimum absolute atomic E-state index is 0.0680. The molecule has 0 radical (unpaired) electrons. The van der Waals surface area contributed by atoms with Crippen molar-refractivity contribution in [1.82, 2.24) is 9.88 Å². The van der Waals surface area contributed by atoms with Gasteiger partial charge in [-0.15, -0.1) is 0 Å². The summed E-state index contributed by atoms with van der Waals surface area (Å²) >= 11 is 0. The summed E-state index contributed by atoms with van der Waals surface area (Å²) in [4.78, 5) is 20.4. The lowest BCUT2D eigenvalue weighted by molar-refractivity contribution is -0.143. The van der Waals surface area contributed by atoms with E-state index >= 15 is 0 Å². The van der Waals surface area contributed by atoms with E-state index in [9.17, 15) is 31.1 Å². The van der Waals surface area contributed by atoms with E-state index < -0.39 is 35.3 Å². The summed E-state index contributed by atoms with van der Waals surface area (Å²) in [6, 6.07) is 11.9. The fourth-order valence-electron chi connectivity index (χ4n) is 5.62. The van der Waals surface area contributed by atoms with E-state index in [4.69, 9.17) is 10.00 Å². The Morgan fingerprint density at radius 2 is 1.65 bits per heavy atom. The van der Waals surface area contributed by atoms with Crippen LogP contribution in [0.4, 0.5) is 37.8 Å². The second-order valence-electron chi connectivity index (χ2n) is 10.7. The Hall–Kier alpha value is -3.89. The van der Waals surface area contributed by atoms with Crippen LogP contribution < -0.4 is 10.2 Å². The van der Waals surface area contributed by atoms with Gasteiger partial charge in [-0.2, -0.15) is 31.6 Å². The highest BCUT2D eigenvalue weighted by atomic mass is 19.4. The van der Waals surface area contributed by atoms with Crippen LogP contribution in [0.2, 0.25) is 0 Å². The van der Waals surface area contributed by atoms with Gasteiger partial charge in [0.1, 0.15) is 5.82 Å². The molecule has 1 unspecified atom stereocenters. The third-order valence-electron chi connectivity index (χ3n) is 7.94. The van der Waals surface area contributed by atoms with Crippen LogP contribution in [0.25, 0.3) is 10.9 Å². The number of hydrogen-bond acceptors (Lipinski definition) is 7. The Kier molecular flexibility index (Phi) is 8.80. The largest absolute Gasteiger partial charge is 0.417 e. The maximum atomic E-state index is 13.3. The first-order valence-electron chi connectivity index (χ1n) is 13.9. The molecule has 2 aliphatic rings. The number of aromatic nitrogens is 1. The Bertz CT molecular complexity index is 1490. The summed E-state index contributed by atoms with van der Waals surface area (Å²) in [5.74, 6) is 0.644. The number of carbonyl (C=O) groups is 1. The number of hydrogen-bond donors (Lipinski definition) is 1. The molecule has 2 heterocycles. The predicted molar refractivity (Wildman–Crippen MR) is 147 cm³/mol. The number of halogens is 6. The highest BCUT2D eigenvalue weighted by Crippen LogP contribution is 2.35. The number of carbonyl (C=O) groups excluding carboxylic acids is 1. The maximum Gasteiger partial charge on any atom is 0.417 e. The summed E-state index contributed by atoms with van der Waals surface area (Å²) in [5, 5.41) is 12.5. The highest BCUT2D eigenvalue weighted by Gasteiger charge is 2.35. The van der Waals surface area contributed by atoms with Crippen molar-refractivity contribution in [2.75, 3.05) is 36.4 Å². The van der Waals surface area contributed by atoms with Crippen molar-refractivity contribution < 1.29 is 35.9 Å². The number of piperazine rings is 1. The van der Waals surface area contributed by atoms with Crippen molar-refractivity contribution in [3.05, 3.63) is 65.2 Å². The SMILES string of the molecule is N#Cc1ccc(NC2CCC(OC(C=O)N3CCN(c4ccc5cc(C(F)(F)F)ccc5n4)CC3)CC2)cc1C(F)(F)F. The molecule has 1 aliphatic carbocycles. The molecule has 5 rings (SSSR count). The lowest BCUT2D eigenvalue weighted by Crippen LogP contribution is -2.53. The quantitative estimate of drug-likeness (QED) is 0.253. The number of nitrogens with zero attached hydrogens (tertiary/aromatic N) is 4. The van der Waals surface area contributed by atoms with Crippen LogP contribution in [0.1, 0.15) is 42.4 Å². The second-order valence-corrected chi connectivity index (χ2v) is 10.7. The van der Waals surface area contributed by atoms with Crippen LogP contribution in [0.5, 0.6) is 0 Å². The first kappa shape index (κ1) is 30.6. The van der Waals surface area contributed by atoms with Crippen molar-refractivity contribution in [3.63, 3.8) is 0 Å². The maximum absolute atomic E-state index is 13.3. The Labute approximate surface area is 244 Å².